The molecule has 0 heterocycles. The first kappa shape index (κ1) is 11.7. The van der Waals surface area contributed by atoms with Crippen LogP contribution in [0.4, 0.5) is 5.69 Å². The third-order valence-electron chi connectivity index (χ3n) is 1.66. The molecule has 0 bridgehead atoms. The highest BCUT2D eigenvalue weighted by atomic mass is 16.1. The van der Waals surface area contributed by atoms with Crippen LogP contribution in [0.5, 0.6) is 0 Å². The Morgan fingerprint density at radius 3 is 2.50 bits per heavy atom. The second-order valence-corrected chi connectivity index (χ2v) is 3.11. The van der Waals surface area contributed by atoms with E-state index in [0.717, 1.165) is 11.3 Å². The minimum atomic E-state index is -0.102. The van der Waals surface area contributed by atoms with Crippen LogP contribution in [0.15, 0.2) is 29.4 Å². The Bertz CT molecular complexity index is 417. The van der Waals surface area contributed by atoms with Crippen LogP contribution in [-0.2, 0) is 4.79 Å². The zero-order valence-corrected chi connectivity index (χ0v) is 8.90. The molecule has 0 saturated carbocycles. The maximum Gasteiger partial charge on any atom is 0.256 e. The largest absolute Gasteiger partial charge is 0.365 e. The van der Waals surface area contributed by atoms with Crippen molar-refractivity contribution in [1.29, 1.82) is 0 Å². The summed E-state index contributed by atoms with van der Waals surface area (Å²) in [7, 11) is 0. The standard InChI is InChI=1S/C10H13N5O/c1-7(16)14-9-4-2-8(3-5-9)6-13-15-10(11)12/h2-6H,1H3,(H,14,16)(H4,11,12,15)/p+1/b13-6-. The van der Waals surface area contributed by atoms with Crippen LogP contribution >= 0.6 is 0 Å². The molecule has 1 amide bonds. The molecule has 0 radical (unpaired) electrons. The lowest BCUT2D eigenvalue weighted by Crippen LogP contribution is -2.63. The summed E-state index contributed by atoms with van der Waals surface area (Å²) in [5, 5.41) is 8.84. The van der Waals surface area contributed by atoms with Gasteiger partial charge in [0.05, 0.1) is 0 Å². The number of nitrogens with two attached hydrogens (primary N) is 2. The van der Waals surface area contributed by atoms with Gasteiger partial charge in [0.1, 0.15) is 0 Å². The normalized spacial score (nSPS) is 10.1. The zero-order chi connectivity index (χ0) is 12.0. The van der Waals surface area contributed by atoms with Gasteiger partial charge in [0, 0.05) is 23.3 Å². The summed E-state index contributed by atoms with van der Waals surface area (Å²) in [5.41, 5.74) is 11.9. The predicted octanol–water partition coefficient (Wildman–Crippen LogP) is -1.67. The monoisotopic (exact) mass is 220 g/mol. The van der Waals surface area contributed by atoms with E-state index in [9.17, 15) is 4.79 Å². The number of rotatable bonds is 3. The maximum absolute atomic E-state index is 10.8. The smallest absolute Gasteiger partial charge is 0.256 e. The minimum Gasteiger partial charge on any atom is -0.365 e. The fourth-order valence-electron chi connectivity index (χ4n) is 1.05. The molecular weight excluding hydrogens is 206 g/mol. The number of guanidine groups is 1. The van der Waals surface area contributed by atoms with Crippen molar-refractivity contribution in [3.63, 3.8) is 0 Å². The Hall–Kier alpha value is -2.37. The molecule has 0 aliphatic carbocycles. The van der Waals surface area contributed by atoms with Crippen LogP contribution < -0.4 is 21.9 Å². The SMILES string of the molecule is CC(=O)Nc1ccc(/C=[NH+]\N=C(N)N)cc1. The molecule has 6 N–H and O–H groups in total. The van der Waals surface area contributed by atoms with Crippen LogP contribution in [0.1, 0.15) is 12.5 Å². The number of nitrogens with zero attached hydrogens (tertiary/aromatic N) is 1. The molecule has 6 nitrogen and oxygen atoms in total. The van der Waals surface area contributed by atoms with Crippen LogP contribution in [0.3, 0.4) is 0 Å². The predicted molar refractivity (Wildman–Crippen MR) is 62.7 cm³/mol. The van der Waals surface area contributed by atoms with Crippen LogP contribution in [0.25, 0.3) is 0 Å². The first-order valence-corrected chi connectivity index (χ1v) is 4.63. The number of amides is 1. The number of hydrazone groups is 1. The van der Waals surface area contributed by atoms with Crippen molar-refractivity contribution in [2.45, 2.75) is 6.92 Å². The van der Waals surface area contributed by atoms with Gasteiger partial charge in [-0.05, 0) is 24.3 Å². The third kappa shape index (κ3) is 4.23. The van der Waals surface area contributed by atoms with Gasteiger partial charge in [-0.1, -0.05) is 0 Å². The van der Waals surface area contributed by atoms with Crippen molar-refractivity contribution in [3.05, 3.63) is 29.8 Å². The van der Waals surface area contributed by atoms with E-state index in [4.69, 9.17) is 11.5 Å². The molecule has 1 rings (SSSR count). The Kier molecular flexibility index (Phi) is 4.02. The van der Waals surface area contributed by atoms with E-state index >= 15 is 0 Å². The summed E-state index contributed by atoms with van der Waals surface area (Å²) in [6, 6.07) is 7.20. The van der Waals surface area contributed by atoms with E-state index < -0.39 is 0 Å². The van der Waals surface area contributed by atoms with Crippen LogP contribution in [-0.4, -0.2) is 18.1 Å². The second-order valence-electron chi connectivity index (χ2n) is 3.11. The summed E-state index contributed by atoms with van der Waals surface area (Å²) in [5.74, 6) is -0.138. The van der Waals surface area contributed by atoms with E-state index in [2.05, 4.69) is 15.5 Å². The second kappa shape index (κ2) is 5.50. The number of carbonyl (C=O) groups is 1. The molecule has 0 unspecified atom stereocenters. The first-order chi connectivity index (χ1) is 7.58. The van der Waals surface area contributed by atoms with Gasteiger partial charge in [0.15, 0.2) is 0 Å². The molecule has 6 heteroatoms. The maximum atomic E-state index is 10.8. The number of carbonyl (C=O) groups excluding carboxylic acids is 1. The molecule has 1 aromatic rings. The average Bonchev–Trinajstić information content (AvgIpc) is 2.19. The molecule has 0 aromatic heterocycles. The van der Waals surface area contributed by atoms with E-state index in [1.54, 1.807) is 18.3 Å². The Morgan fingerprint density at radius 1 is 1.38 bits per heavy atom. The fraction of sp³-hybridized carbons (Fsp3) is 0.100. The van der Waals surface area contributed by atoms with Gasteiger partial charge in [-0.3, -0.25) is 4.79 Å². The average molecular weight is 220 g/mol. The molecule has 0 aliphatic heterocycles. The molecule has 0 saturated heterocycles. The molecule has 1 aromatic carbocycles. The summed E-state index contributed by atoms with van der Waals surface area (Å²) in [6.07, 6.45) is 1.64. The summed E-state index contributed by atoms with van der Waals surface area (Å²) >= 11 is 0. The van der Waals surface area contributed by atoms with Crippen molar-refractivity contribution in [3.8, 4) is 0 Å². The van der Waals surface area contributed by atoms with Gasteiger partial charge in [-0.15, -0.1) is 5.10 Å². The van der Waals surface area contributed by atoms with Gasteiger partial charge < -0.3 is 16.8 Å². The molecule has 0 atom stereocenters. The number of hydrogen-bond donors (Lipinski definition) is 4. The zero-order valence-electron chi connectivity index (χ0n) is 8.90. The lowest BCUT2D eigenvalue weighted by molar-refractivity contribution is -0.456. The first-order valence-electron chi connectivity index (χ1n) is 4.63. The topological polar surface area (TPSA) is 107 Å². The van der Waals surface area contributed by atoms with Gasteiger partial charge in [-0.2, -0.15) is 0 Å². The van der Waals surface area contributed by atoms with E-state index in [-0.39, 0.29) is 11.9 Å². The Morgan fingerprint density at radius 2 is 2.00 bits per heavy atom. The van der Waals surface area contributed by atoms with Gasteiger partial charge in [0.2, 0.25) is 12.1 Å². The third-order valence-corrected chi connectivity index (χ3v) is 1.66. The number of anilines is 1. The molecule has 0 fully saturated rings. The molecule has 16 heavy (non-hydrogen) atoms. The molecule has 84 valence electrons. The molecule has 0 aliphatic rings. The highest BCUT2D eigenvalue weighted by Gasteiger charge is 1.96. The quantitative estimate of drug-likeness (QED) is 0.278. The van der Waals surface area contributed by atoms with Crippen LogP contribution in [0, 0.1) is 0 Å². The molecule has 0 spiro atoms. The van der Waals surface area contributed by atoms with Crippen LogP contribution in [0.2, 0.25) is 0 Å². The lowest BCUT2D eigenvalue weighted by Gasteiger charge is -2.00. The highest BCUT2D eigenvalue weighted by Crippen LogP contribution is 2.07. The minimum absolute atomic E-state index is 0.0360. The number of nitrogens with one attached hydrogen (secondary N) is 2. The van der Waals surface area contributed by atoms with E-state index in [0.29, 0.717) is 0 Å². The van der Waals surface area contributed by atoms with Gasteiger partial charge in [-0.25, -0.2) is 0 Å². The Labute approximate surface area is 93.0 Å². The summed E-state index contributed by atoms with van der Waals surface area (Å²) in [4.78, 5) is 10.8. The summed E-state index contributed by atoms with van der Waals surface area (Å²) in [6.45, 7) is 1.46. The van der Waals surface area contributed by atoms with Crippen molar-refractivity contribution < 1.29 is 9.90 Å². The lowest BCUT2D eigenvalue weighted by atomic mass is 10.2. The van der Waals surface area contributed by atoms with Gasteiger partial charge >= 0.3 is 0 Å². The highest BCUT2D eigenvalue weighted by molar-refractivity contribution is 5.89. The fourth-order valence-corrected chi connectivity index (χ4v) is 1.05. The summed E-state index contributed by atoms with van der Waals surface area (Å²) < 4.78 is 0. The molecular formula is C10H14N5O+. The van der Waals surface area contributed by atoms with Crippen molar-refractivity contribution in [2.24, 2.45) is 16.6 Å². The van der Waals surface area contributed by atoms with E-state index in [1.807, 2.05) is 12.1 Å². The van der Waals surface area contributed by atoms with Crippen molar-refractivity contribution >= 4 is 23.8 Å². The van der Waals surface area contributed by atoms with Crippen molar-refractivity contribution in [2.75, 3.05) is 5.32 Å². The van der Waals surface area contributed by atoms with Crippen molar-refractivity contribution in [1.82, 2.24) is 0 Å². The van der Waals surface area contributed by atoms with Gasteiger partial charge in [0.25, 0.3) is 5.96 Å². The number of hydrogen-bond acceptors (Lipinski definition) is 2. The Balaban J connectivity index is 2.68. The number of benzene rings is 1. The van der Waals surface area contributed by atoms with E-state index in [1.165, 1.54) is 6.92 Å².